The summed E-state index contributed by atoms with van der Waals surface area (Å²) in [5, 5.41) is 9.17. The third-order valence-corrected chi connectivity index (χ3v) is 4.93. The average Bonchev–Trinajstić information content (AvgIpc) is 2.69. The molecular weight excluding hydrogens is 350 g/mol. The van der Waals surface area contributed by atoms with Gasteiger partial charge < -0.3 is 14.7 Å². The molecule has 6 nitrogen and oxygen atoms in total. The molecule has 0 N–H and O–H groups in total. The van der Waals surface area contributed by atoms with Crippen LogP contribution in [0.1, 0.15) is 24.3 Å². The lowest BCUT2D eigenvalue weighted by Crippen LogP contribution is -2.47. The van der Waals surface area contributed by atoms with Crippen molar-refractivity contribution in [3.8, 4) is 0 Å². The van der Waals surface area contributed by atoms with Gasteiger partial charge in [-0.2, -0.15) is 0 Å². The Bertz CT molecular complexity index is 740. The maximum absolute atomic E-state index is 12.3. The summed E-state index contributed by atoms with van der Waals surface area (Å²) < 4.78 is 0. The number of benzene rings is 1. The van der Waals surface area contributed by atoms with E-state index >= 15 is 0 Å². The van der Waals surface area contributed by atoms with Crippen LogP contribution in [0.2, 0.25) is 5.02 Å². The molecule has 0 saturated carbocycles. The molecule has 26 heavy (non-hydrogen) atoms. The highest BCUT2D eigenvalue weighted by molar-refractivity contribution is 6.30. The van der Waals surface area contributed by atoms with Gasteiger partial charge in [0.2, 0.25) is 0 Å². The minimum atomic E-state index is -0.0696. The van der Waals surface area contributed by atoms with Crippen LogP contribution >= 0.6 is 11.6 Å². The number of anilines is 2. The van der Waals surface area contributed by atoms with Crippen molar-refractivity contribution in [2.24, 2.45) is 0 Å². The minimum absolute atomic E-state index is 0.0696. The molecule has 1 aromatic carbocycles. The van der Waals surface area contributed by atoms with E-state index in [-0.39, 0.29) is 5.91 Å². The molecule has 2 heterocycles. The summed E-state index contributed by atoms with van der Waals surface area (Å²) >= 11 is 6.09. The van der Waals surface area contributed by atoms with Gasteiger partial charge in [-0.05, 0) is 44.2 Å². The highest BCUT2D eigenvalue weighted by atomic mass is 35.5. The number of carbonyl (C=O) groups is 1. The molecule has 0 aliphatic carbocycles. The van der Waals surface area contributed by atoms with Crippen LogP contribution in [0.3, 0.4) is 0 Å². The first kappa shape index (κ1) is 18.5. The van der Waals surface area contributed by atoms with Crippen molar-refractivity contribution < 1.29 is 4.79 Å². The van der Waals surface area contributed by atoms with Crippen molar-refractivity contribution in [2.75, 3.05) is 49.1 Å². The van der Waals surface area contributed by atoms with E-state index in [1.807, 2.05) is 38.1 Å². The van der Waals surface area contributed by atoms with E-state index in [0.717, 1.165) is 42.7 Å². The van der Waals surface area contributed by atoms with Gasteiger partial charge in [0, 0.05) is 50.0 Å². The predicted octanol–water partition coefficient (Wildman–Crippen LogP) is 2.94. The van der Waals surface area contributed by atoms with E-state index in [1.165, 1.54) is 0 Å². The Kier molecular flexibility index (Phi) is 5.93. The number of piperazine rings is 1. The molecule has 1 saturated heterocycles. The Morgan fingerprint density at radius 2 is 1.73 bits per heavy atom. The summed E-state index contributed by atoms with van der Waals surface area (Å²) in [4.78, 5) is 18.6. The monoisotopic (exact) mass is 373 g/mol. The lowest BCUT2D eigenvalue weighted by atomic mass is 10.2. The lowest BCUT2D eigenvalue weighted by Gasteiger charge is -2.36. The van der Waals surface area contributed by atoms with E-state index < -0.39 is 0 Å². The first-order valence-electron chi connectivity index (χ1n) is 9.00. The second kappa shape index (κ2) is 8.36. The first-order chi connectivity index (χ1) is 12.6. The van der Waals surface area contributed by atoms with Crippen LogP contribution in [-0.2, 0) is 0 Å². The topological polar surface area (TPSA) is 52.6 Å². The fourth-order valence-electron chi connectivity index (χ4n) is 3.15. The van der Waals surface area contributed by atoms with E-state index in [9.17, 15) is 4.79 Å². The van der Waals surface area contributed by atoms with Crippen LogP contribution < -0.4 is 9.80 Å². The Morgan fingerprint density at radius 3 is 2.31 bits per heavy atom. The Hall–Kier alpha value is -2.34. The molecular formula is C19H24ClN5O. The number of hydrogen-bond acceptors (Lipinski definition) is 5. The van der Waals surface area contributed by atoms with Crippen molar-refractivity contribution in [2.45, 2.75) is 13.8 Å². The first-order valence-corrected chi connectivity index (χ1v) is 9.38. The molecule has 1 aromatic heterocycles. The van der Waals surface area contributed by atoms with Gasteiger partial charge in [-0.25, -0.2) is 0 Å². The number of rotatable bonds is 5. The number of amides is 1. The lowest BCUT2D eigenvalue weighted by molar-refractivity contribution is 0.0766. The Labute approximate surface area is 159 Å². The zero-order valence-electron chi connectivity index (χ0n) is 15.2. The second-order valence-corrected chi connectivity index (χ2v) is 6.64. The van der Waals surface area contributed by atoms with Gasteiger partial charge in [0.1, 0.15) is 0 Å². The third kappa shape index (κ3) is 4.07. The predicted molar refractivity (Wildman–Crippen MR) is 105 cm³/mol. The molecule has 0 bridgehead atoms. The summed E-state index contributed by atoms with van der Waals surface area (Å²) in [6.45, 7) is 8.75. The van der Waals surface area contributed by atoms with E-state index in [4.69, 9.17) is 11.6 Å². The standard InChI is InChI=1S/C19H24ClN5O/c1-3-23(4-2)19(26)17-8-9-18(22-21-17)25-12-10-24(11-13-25)16-7-5-6-15(20)14-16/h5-9,14H,3-4,10-13H2,1-2H3. The summed E-state index contributed by atoms with van der Waals surface area (Å²) in [5.74, 6) is 0.742. The number of aromatic nitrogens is 2. The largest absolute Gasteiger partial charge is 0.368 e. The van der Waals surface area contributed by atoms with Crippen molar-refractivity contribution >= 4 is 29.0 Å². The van der Waals surface area contributed by atoms with Crippen LogP contribution in [0.4, 0.5) is 11.5 Å². The van der Waals surface area contributed by atoms with Crippen LogP contribution in [-0.4, -0.2) is 60.3 Å². The molecule has 2 aromatic rings. The van der Waals surface area contributed by atoms with E-state index in [2.05, 4.69) is 26.1 Å². The molecule has 0 spiro atoms. The normalized spacial score (nSPS) is 14.4. The number of carbonyl (C=O) groups excluding carboxylic acids is 1. The number of hydrogen-bond donors (Lipinski definition) is 0. The highest BCUT2D eigenvalue weighted by Crippen LogP contribution is 2.22. The van der Waals surface area contributed by atoms with Gasteiger partial charge in [0.15, 0.2) is 11.5 Å². The molecule has 138 valence electrons. The summed E-state index contributed by atoms with van der Waals surface area (Å²) in [7, 11) is 0. The molecule has 1 fully saturated rings. The SMILES string of the molecule is CCN(CC)C(=O)c1ccc(N2CCN(c3cccc(Cl)c3)CC2)nn1. The maximum atomic E-state index is 12.3. The molecule has 1 amide bonds. The maximum Gasteiger partial charge on any atom is 0.274 e. The van der Waals surface area contributed by atoms with E-state index in [0.29, 0.717) is 18.8 Å². The van der Waals surface area contributed by atoms with Gasteiger partial charge in [-0.1, -0.05) is 17.7 Å². The van der Waals surface area contributed by atoms with E-state index in [1.54, 1.807) is 11.0 Å². The van der Waals surface area contributed by atoms with Crippen LogP contribution in [0, 0.1) is 0 Å². The van der Waals surface area contributed by atoms with Gasteiger partial charge in [-0.15, -0.1) is 10.2 Å². The fraction of sp³-hybridized carbons (Fsp3) is 0.421. The Balaban J connectivity index is 1.62. The fourth-order valence-corrected chi connectivity index (χ4v) is 3.33. The number of halogens is 1. The minimum Gasteiger partial charge on any atom is -0.368 e. The summed E-state index contributed by atoms with van der Waals surface area (Å²) in [5.41, 5.74) is 1.54. The van der Waals surface area contributed by atoms with Crippen LogP contribution in [0.5, 0.6) is 0 Å². The number of nitrogens with zero attached hydrogens (tertiary/aromatic N) is 5. The average molecular weight is 374 g/mol. The van der Waals surface area contributed by atoms with Gasteiger partial charge in [0.05, 0.1) is 0 Å². The molecule has 7 heteroatoms. The smallest absolute Gasteiger partial charge is 0.274 e. The quantitative estimate of drug-likeness (QED) is 0.806. The molecule has 0 atom stereocenters. The molecule has 0 unspecified atom stereocenters. The van der Waals surface area contributed by atoms with Crippen LogP contribution in [0.25, 0.3) is 0 Å². The van der Waals surface area contributed by atoms with Crippen molar-refractivity contribution in [1.82, 2.24) is 15.1 Å². The third-order valence-electron chi connectivity index (χ3n) is 4.70. The van der Waals surface area contributed by atoms with Gasteiger partial charge in [0.25, 0.3) is 5.91 Å². The van der Waals surface area contributed by atoms with Crippen molar-refractivity contribution in [3.63, 3.8) is 0 Å². The zero-order valence-corrected chi connectivity index (χ0v) is 16.0. The molecule has 3 rings (SSSR count). The summed E-state index contributed by atoms with van der Waals surface area (Å²) in [6.07, 6.45) is 0. The van der Waals surface area contributed by atoms with Gasteiger partial charge in [-0.3, -0.25) is 4.79 Å². The van der Waals surface area contributed by atoms with Crippen molar-refractivity contribution in [1.29, 1.82) is 0 Å². The second-order valence-electron chi connectivity index (χ2n) is 6.21. The van der Waals surface area contributed by atoms with Crippen molar-refractivity contribution in [3.05, 3.63) is 47.1 Å². The summed E-state index contributed by atoms with van der Waals surface area (Å²) in [6, 6.07) is 11.6. The molecule has 0 radical (unpaired) electrons. The van der Waals surface area contributed by atoms with Gasteiger partial charge >= 0.3 is 0 Å². The zero-order chi connectivity index (χ0) is 18.5. The molecule has 1 aliphatic heterocycles. The molecule has 1 aliphatic rings. The highest BCUT2D eigenvalue weighted by Gasteiger charge is 2.20. The Morgan fingerprint density at radius 1 is 1.04 bits per heavy atom. The van der Waals surface area contributed by atoms with Crippen LogP contribution in [0.15, 0.2) is 36.4 Å².